The smallest absolute Gasteiger partial charge is 0.227 e. The number of carbonyl (C=O) groups excluding carboxylic acids is 1. The van der Waals surface area contributed by atoms with Gasteiger partial charge >= 0.3 is 0 Å². The first-order valence-electron chi connectivity index (χ1n) is 10.4. The Morgan fingerprint density at radius 2 is 1.77 bits per heavy atom. The van der Waals surface area contributed by atoms with E-state index in [1.165, 1.54) is 0 Å². The Labute approximate surface area is 177 Å². The lowest BCUT2D eigenvalue weighted by Crippen LogP contribution is -2.35. The minimum absolute atomic E-state index is 0.134. The molecular formula is C26H27N3O. The summed E-state index contributed by atoms with van der Waals surface area (Å²) >= 11 is 0. The average Bonchev–Trinajstić information content (AvgIpc) is 3.13. The Morgan fingerprint density at radius 1 is 1.00 bits per heavy atom. The molecule has 4 nitrogen and oxygen atoms in total. The number of pyridine rings is 1. The number of aromatic amines is 1. The maximum absolute atomic E-state index is 13.5. The summed E-state index contributed by atoms with van der Waals surface area (Å²) in [6.45, 7) is 5.58. The first-order valence-corrected chi connectivity index (χ1v) is 10.4. The number of nitrogens with zero attached hydrogens (tertiary/aromatic N) is 2. The van der Waals surface area contributed by atoms with Crippen LogP contribution >= 0.6 is 0 Å². The minimum Gasteiger partial charge on any atom is -0.354 e. The van der Waals surface area contributed by atoms with Crippen LogP contribution in [0.15, 0.2) is 79.1 Å². The fourth-order valence-corrected chi connectivity index (χ4v) is 3.91. The SMILES string of the molecule is CC(C)CN(Cc1cccnc1)C(=O)Cc1c(-c2ccccc2)[nH]c2ccccc12. The lowest BCUT2D eigenvalue weighted by molar-refractivity contribution is -0.131. The molecule has 2 aromatic heterocycles. The highest BCUT2D eigenvalue weighted by atomic mass is 16.2. The van der Waals surface area contributed by atoms with Crippen LogP contribution in [0.3, 0.4) is 0 Å². The average molecular weight is 398 g/mol. The molecule has 0 saturated carbocycles. The molecule has 0 aliphatic carbocycles. The van der Waals surface area contributed by atoms with Gasteiger partial charge in [-0.2, -0.15) is 0 Å². The van der Waals surface area contributed by atoms with Gasteiger partial charge in [0.25, 0.3) is 0 Å². The molecule has 30 heavy (non-hydrogen) atoms. The maximum Gasteiger partial charge on any atom is 0.227 e. The highest BCUT2D eigenvalue weighted by Gasteiger charge is 2.21. The molecule has 2 heterocycles. The Balaban J connectivity index is 1.68. The number of nitrogens with one attached hydrogen (secondary N) is 1. The molecule has 1 amide bonds. The number of hydrogen-bond acceptors (Lipinski definition) is 2. The number of rotatable bonds is 7. The van der Waals surface area contributed by atoms with E-state index in [-0.39, 0.29) is 5.91 Å². The summed E-state index contributed by atoms with van der Waals surface area (Å²) in [7, 11) is 0. The molecule has 2 aromatic carbocycles. The summed E-state index contributed by atoms with van der Waals surface area (Å²) < 4.78 is 0. The molecule has 0 aliphatic rings. The highest BCUT2D eigenvalue weighted by Crippen LogP contribution is 2.31. The highest BCUT2D eigenvalue weighted by molar-refractivity contribution is 5.95. The van der Waals surface area contributed by atoms with Crippen LogP contribution in [-0.4, -0.2) is 27.3 Å². The Morgan fingerprint density at radius 3 is 2.50 bits per heavy atom. The summed E-state index contributed by atoms with van der Waals surface area (Å²) in [6.07, 6.45) is 3.96. The normalized spacial score (nSPS) is 11.2. The molecule has 0 unspecified atom stereocenters. The first kappa shape index (κ1) is 19.9. The minimum atomic E-state index is 0.134. The van der Waals surface area contributed by atoms with Crippen LogP contribution in [0.1, 0.15) is 25.0 Å². The van der Waals surface area contributed by atoms with Gasteiger partial charge in [0.05, 0.1) is 12.1 Å². The van der Waals surface area contributed by atoms with E-state index in [0.29, 0.717) is 18.9 Å². The van der Waals surface area contributed by atoms with Gasteiger partial charge in [-0.25, -0.2) is 0 Å². The summed E-state index contributed by atoms with van der Waals surface area (Å²) in [5, 5.41) is 1.11. The Bertz CT molecular complexity index is 1120. The van der Waals surface area contributed by atoms with Gasteiger partial charge in [-0.3, -0.25) is 9.78 Å². The fraction of sp³-hybridized carbons (Fsp3) is 0.231. The molecule has 0 bridgehead atoms. The van der Waals surface area contributed by atoms with Crippen LogP contribution < -0.4 is 0 Å². The maximum atomic E-state index is 13.5. The number of carbonyl (C=O) groups is 1. The molecule has 0 radical (unpaired) electrons. The van der Waals surface area contributed by atoms with Crippen LogP contribution in [0.25, 0.3) is 22.2 Å². The van der Waals surface area contributed by atoms with Crippen LogP contribution in [0, 0.1) is 5.92 Å². The number of hydrogen-bond donors (Lipinski definition) is 1. The van der Waals surface area contributed by atoms with Gasteiger partial charge in [0.1, 0.15) is 0 Å². The van der Waals surface area contributed by atoms with Crippen molar-refractivity contribution in [3.63, 3.8) is 0 Å². The quantitative estimate of drug-likeness (QED) is 0.450. The monoisotopic (exact) mass is 397 g/mol. The lowest BCUT2D eigenvalue weighted by atomic mass is 10.0. The van der Waals surface area contributed by atoms with Gasteiger partial charge in [0.15, 0.2) is 0 Å². The molecule has 4 rings (SSSR count). The summed E-state index contributed by atoms with van der Waals surface area (Å²) in [6, 6.07) is 22.4. The summed E-state index contributed by atoms with van der Waals surface area (Å²) in [5.41, 5.74) is 5.28. The molecular weight excluding hydrogens is 370 g/mol. The van der Waals surface area contributed by atoms with Gasteiger partial charge in [0.2, 0.25) is 5.91 Å². The predicted octanol–water partition coefficient (Wildman–Crippen LogP) is 5.46. The van der Waals surface area contributed by atoms with Crippen molar-refractivity contribution in [1.82, 2.24) is 14.9 Å². The number of amides is 1. The van der Waals surface area contributed by atoms with E-state index in [2.05, 4.69) is 48.1 Å². The van der Waals surface area contributed by atoms with Crippen molar-refractivity contribution in [2.45, 2.75) is 26.8 Å². The van der Waals surface area contributed by atoms with Gasteiger partial charge in [0, 0.05) is 36.4 Å². The molecule has 0 aliphatic heterocycles. The Kier molecular flexibility index (Phi) is 5.94. The van der Waals surface area contributed by atoms with E-state index in [0.717, 1.165) is 39.8 Å². The Hall–Kier alpha value is -3.40. The predicted molar refractivity (Wildman–Crippen MR) is 122 cm³/mol. The summed E-state index contributed by atoms with van der Waals surface area (Å²) in [5.74, 6) is 0.525. The lowest BCUT2D eigenvalue weighted by Gasteiger charge is -2.25. The second-order valence-corrected chi connectivity index (χ2v) is 8.10. The van der Waals surface area contributed by atoms with E-state index in [9.17, 15) is 4.79 Å². The van der Waals surface area contributed by atoms with Crippen LogP contribution in [0.2, 0.25) is 0 Å². The van der Waals surface area contributed by atoms with Crippen molar-refractivity contribution >= 4 is 16.8 Å². The van der Waals surface area contributed by atoms with Gasteiger partial charge < -0.3 is 9.88 Å². The first-order chi connectivity index (χ1) is 14.6. The zero-order chi connectivity index (χ0) is 20.9. The third-order valence-corrected chi connectivity index (χ3v) is 5.24. The third-order valence-electron chi connectivity index (χ3n) is 5.24. The molecule has 1 N–H and O–H groups in total. The topological polar surface area (TPSA) is 49.0 Å². The van der Waals surface area contributed by atoms with Gasteiger partial charge in [-0.15, -0.1) is 0 Å². The largest absolute Gasteiger partial charge is 0.354 e. The van der Waals surface area contributed by atoms with Crippen molar-refractivity contribution in [3.05, 3.63) is 90.3 Å². The van der Waals surface area contributed by atoms with Crippen molar-refractivity contribution in [1.29, 1.82) is 0 Å². The van der Waals surface area contributed by atoms with Crippen molar-refractivity contribution in [3.8, 4) is 11.3 Å². The molecule has 4 aromatic rings. The molecule has 0 atom stereocenters. The van der Waals surface area contributed by atoms with E-state index in [4.69, 9.17) is 0 Å². The van der Waals surface area contributed by atoms with Gasteiger partial charge in [-0.1, -0.05) is 68.4 Å². The van der Waals surface area contributed by atoms with Crippen LogP contribution in [0.5, 0.6) is 0 Å². The number of aromatic nitrogens is 2. The zero-order valence-corrected chi connectivity index (χ0v) is 17.5. The molecule has 0 fully saturated rings. The standard InChI is InChI=1S/C26H27N3O/c1-19(2)17-29(18-20-9-8-14-27-16-20)25(30)15-23-22-12-6-7-13-24(22)28-26(23)21-10-4-3-5-11-21/h3-14,16,19,28H,15,17-18H2,1-2H3. The fourth-order valence-electron chi connectivity index (χ4n) is 3.91. The van der Waals surface area contributed by atoms with Crippen LogP contribution in [0.4, 0.5) is 0 Å². The molecule has 4 heteroatoms. The number of fused-ring (bicyclic) bond motifs is 1. The van der Waals surface area contributed by atoms with E-state index in [1.54, 1.807) is 6.20 Å². The second-order valence-electron chi connectivity index (χ2n) is 8.10. The second kappa shape index (κ2) is 8.95. The van der Waals surface area contributed by atoms with Crippen molar-refractivity contribution < 1.29 is 4.79 Å². The van der Waals surface area contributed by atoms with E-state index < -0.39 is 0 Å². The number of para-hydroxylation sites is 1. The van der Waals surface area contributed by atoms with E-state index >= 15 is 0 Å². The van der Waals surface area contributed by atoms with Crippen molar-refractivity contribution in [2.24, 2.45) is 5.92 Å². The number of H-pyrrole nitrogens is 1. The van der Waals surface area contributed by atoms with Crippen LogP contribution in [-0.2, 0) is 17.8 Å². The zero-order valence-electron chi connectivity index (χ0n) is 17.5. The molecule has 0 spiro atoms. The molecule has 152 valence electrons. The third kappa shape index (κ3) is 4.43. The summed E-state index contributed by atoms with van der Waals surface area (Å²) in [4.78, 5) is 23.2. The van der Waals surface area contributed by atoms with E-state index in [1.807, 2.05) is 53.6 Å². The van der Waals surface area contributed by atoms with Gasteiger partial charge in [-0.05, 0) is 34.7 Å². The van der Waals surface area contributed by atoms with Crippen molar-refractivity contribution in [2.75, 3.05) is 6.54 Å². The number of benzene rings is 2. The molecule has 0 saturated heterocycles.